The quantitative estimate of drug-likeness (QED) is 0.321. The van der Waals surface area contributed by atoms with Crippen LogP contribution < -0.4 is 14.2 Å². The highest BCUT2D eigenvalue weighted by molar-refractivity contribution is 5.98. The van der Waals surface area contributed by atoms with E-state index in [1.807, 2.05) is 19.9 Å². The molecule has 0 radical (unpaired) electrons. The van der Waals surface area contributed by atoms with E-state index in [1.54, 1.807) is 30.3 Å². The summed E-state index contributed by atoms with van der Waals surface area (Å²) in [5.74, 6) is 0.940. The number of halogens is 2. The molecule has 1 aromatic heterocycles. The Bertz CT molecular complexity index is 1030. The van der Waals surface area contributed by atoms with Gasteiger partial charge in [0.1, 0.15) is 12.0 Å². The average molecular weight is 445 g/mol. The predicted molar refractivity (Wildman–Crippen MR) is 115 cm³/mol. The first-order chi connectivity index (χ1) is 15.5. The number of alkyl halides is 2. The van der Waals surface area contributed by atoms with E-state index in [4.69, 9.17) is 13.9 Å². The lowest BCUT2D eigenvalue weighted by atomic mass is 10.0. The van der Waals surface area contributed by atoms with Crippen molar-refractivity contribution in [1.82, 2.24) is 4.98 Å². The molecule has 32 heavy (non-hydrogen) atoms. The van der Waals surface area contributed by atoms with Crippen molar-refractivity contribution in [2.75, 3.05) is 13.2 Å². The Labute approximate surface area is 185 Å². The summed E-state index contributed by atoms with van der Waals surface area (Å²) in [5.41, 5.74) is 1.69. The molecule has 3 aromatic rings. The Morgan fingerprint density at radius 2 is 1.88 bits per heavy atom. The Hall–Kier alpha value is -3.42. The minimum Gasteiger partial charge on any atom is -0.493 e. The van der Waals surface area contributed by atoms with Crippen LogP contribution in [0.4, 0.5) is 8.78 Å². The summed E-state index contributed by atoms with van der Waals surface area (Å²) in [4.78, 5) is 17.1. The van der Waals surface area contributed by atoms with Crippen LogP contribution in [0.15, 0.2) is 53.1 Å². The number of carbonyl (C=O) groups excluding carboxylic acids is 1. The number of Topliss-reactive ketones (excluding diaryl/α,β-unsaturated/α-hetero) is 1. The molecule has 1 heterocycles. The maximum Gasteiger partial charge on any atom is 0.387 e. The molecule has 8 heteroatoms. The zero-order chi connectivity index (χ0) is 22.9. The van der Waals surface area contributed by atoms with E-state index in [1.165, 1.54) is 12.3 Å². The van der Waals surface area contributed by atoms with E-state index in [0.717, 1.165) is 0 Å². The van der Waals surface area contributed by atoms with Crippen molar-refractivity contribution in [1.29, 1.82) is 0 Å². The molecular formula is C24H25F2NO5. The van der Waals surface area contributed by atoms with Gasteiger partial charge in [-0.2, -0.15) is 8.78 Å². The number of aromatic nitrogens is 1. The largest absolute Gasteiger partial charge is 0.493 e. The molecule has 0 N–H and O–H groups in total. The van der Waals surface area contributed by atoms with Crippen molar-refractivity contribution in [2.24, 2.45) is 0 Å². The molecule has 0 bridgehead atoms. The number of oxazole rings is 1. The van der Waals surface area contributed by atoms with Gasteiger partial charge < -0.3 is 18.6 Å². The van der Waals surface area contributed by atoms with Gasteiger partial charge >= 0.3 is 6.61 Å². The van der Waals surface area contributed by atoms with Crippen LogP contribution in [0.1, 0.15) is 42.7 Å². The van der Waals surface area contributed by atoms with Gasteiger partial charge in [0.15, 0.2) is 17.3 Å². The van der Waals surface area contributed by atoms with Gasteiger partial charge in [-0.3, -0.25) is 4.79 Å². The third kappa shape index (κ3) is 6.06. The fraction of sp³-hybridized carbons (Fsp3) is 0.333. The van der Waals surface area contributed by atoms with Gasteiger partial charge in [-0.1, -0.05) is 19.1 Å². The summed E-state index contributed by atoms with van der Waals surface area (Å²) < 4.78 is 46.4. The second-order valence-electron chi connectivity index (χ2n) is 6.88. The fourth-order valence-corrected chi connectivity index (χ4v) is 3.07. The summed E-state index contributed by atoms with van der Waals surface area (Å²) in [5, 5.41) is 0. The molecule has 6 nitrogen and oxygen atoms in total. The van der Waals surface area contributed by atoms with Gasteiger partial charge in [0.25, 0.3) is 0 Å². The molecular weight excluding hydrogens is 420 g/mol. The predicted octanol–water partition coefficient (Wildman–Crippen LogP) is 5.95. The number of para-hydroxylation sites is 1. The highest BCUT2D eigenvalue weighted by Crippen LogP contribution is 2.34. The Morgan fingerprint density at radius 3 is 2.62 bits per heavy atom. The second kappa shape index (κ2) is 11.3. The van der Waals surface area contributed by atoms with E-state index in [0.29, 0.717) is 54.5 Å². The number of aryl methyl sites for hydroxylation is 1. The number of nitrogens with zero attached hydrogens (tertiary/aromatic N) is 1. The van der Waals surface area contributed by atoms with Crippen molar-refractivity contribution in [3.05, 3.63) is 60.0 Å². The molecule has 3 rings (SSSR count). The van der Waals surface area contributed by atoms with Crippen LogP contribution in [-0.4, -0.2) is 30.6 Å². The lowest BCUT2D eigenvalue weighted by Crippen LogP contribution is -2.05. The van der Waals surface area contributed by atoms with E-state index >= 15 is 0 Å². The SMILES string of the molecule is CCCOc1cc(-c2nc(CCC(=O)c3ccccc3OCC)co2)ccc1OC(F)F. The van der Waals surface area contributed by atoms with E-state index in [9.17, 15) is 13.6 Å². The summed E-state index contributed by atoms with van der Waals surface area (Å²) >= 11 is 0. The highest BCUT2D eigenvalue weighted by Gasteiger charge is 2.16. The number of hydrogen-bond acceptors (Lipinski definition) is 6. The van der Waals surface area contributed by atoms with Gasteiger partial charge in [-0.15, -0.1) is 0 Å². The zero-order valence-corrected chi connectivity index (χ0v) is 18.0. The lowest BCUT2D eigenvalue weighted by Gasteiger charge is -2.12. The standard InChI is InChI=1S/C24H25F2NO5/c1-3-13-30-22-14-16(9-12-21(22)32-24(25)26)23-27-17(15-31-23)10-11-19(28)18-7-5-6-8-20(18)29-4-2/h5-9,12,14-15,24H,3-4,10-11,13H2,1-2H3. The summed E-state index contributed by atoms with van der Waals surface area (Å²) in [7, 11) is 0. The average Bonchev–Trinajstić information content (AvgIpc) is 3.26. The molecule has 0 amide bonds. The molecule has 0 aliphatic carbocycles. The minimum atomic E-state index is -2.96. The smallest absolute Gasteiger partial charge is 0.387 e. The first-order valence-corrected chi connectivity index (χ1v) is 10.4. The van der Waals surface area contributed by atoms with Crippen LogP contribution in [0, 0.1) is 0 Å². The summed E-state index contributed by atoms with van der Waals surface area (Å²) in [6, 6.07) is 11.6. The van der Waals surface area contributed by atoms with Crippen molar-refractivity contribution < 1.29 is 32.2 Å². The highest BCUT2D eigenvalue weighted by atomic mass is 19.3. The minimum absolute atomic E-state index is 0.0532. The normalized spacial score (nSPS) is 10.9. The number of rotatable bonds is 12. The molecule has 0 spiro atoms. The van der Waals surface area contributed by atoms with Crippen LogP contribution >= 0.6 is 0 Å². The van der Waals surface area contributed by atoms with E-state index in [2.05, 4.69) is 9.72 Å². The molecule has 0 saturated carbocycles. The van der Waals surface area contributed by atoms with Gasteiger partial charge in [0.05, 0.1) is 24.5 Å². The number of ether oxygens (including phenoxy) is 3. The van der Waals surface area contributed by atoms with Crippen molar-refractivity contribution in [2.45, 2.75) is 39.7 Å². The lowest BCUT2D eigenvalue weighted by molar-refractivity contribution is -0.0514. The number of ketones is 1. The van der Waals surface area contributed by atoms with Gasteiger partial charge in [-0.25, -0.2) is 4.98 Å². The summed E-state index contributed by atoms with van der Waals surface area (Å²) in [6.07, 6.45) is 2.81. The van der Waals surface area contributed by atoms with Crippen molar-refractivity contribution in [3.8, 4) is 28.7 Å². The number of hydrogen-bond donors (Lipinski definition) is 0. The molecule has 0 aliphatic heterocycles. The van der Waals surface area contributed by atoms with Crippen LogP contribution in [0.25, 0.3) is 11.5 Å². The molecule has 170 valence electrons. The van der Waals surface area contributed by atoms with Gasteiger partial charge in [-0.05, 0) is 43.7 Å². The molecule has 0 unspecified atom stereocenters. The van der Waals surface area contributed by atoms with Crippen molar-refractivity contribution >= 4 is 5.78 Å². The number of carbonyl (C=O) groups is 1. The van der Waals surface area contributed by atoms with Crippen LogP contribution in [-0.2, 0) is 6.42 Å². The summed E-state index contributed by atoms with van der Waals surface area (Å²) in [6.45, 7) is 1.64. The monoisotopic (exact) mass is 445 g/mol. The maximum atomic E-state index is 12.6. The van der Waals surface area contributed by atoms with Crippen LogP contribution in [0.2, 0.25) is 0 Å². The Morgan fingerprint density at radius 1 is 1.06 bits per heavy atom. The second-order valence-corrected chi connectivity index (χ2v) is 6.88. The fourth-order valence-electron chi connectivity index (χ4n) is 3.07. The molecule has 0 atom stereocenters. The van der Waals surface area contributed by atoms with Gasteiger partial charge in [0.2, 0.25) is 5.89 Å². The molecule has 0 fully saturated rings. The third-order valence-corrected chi connectivity index (χ3v) is 4.52. The molecule has 2 aromatic carbocycles. The first-order valence-electron chi connectivity index (χ1n) is 10.4. The van der Waals surface area contributed by atoms with E-state index < -0.39 is 6.61 Å². The Kier molecular flexibility index (Phi) is 8.19. The topological polar surface area (TPSA) is 70.8 Å². The zero-order valence-electron chi connectivity index (χ0n) is 18.0. The Balaban J connectivity index is 1.71. The third-order valence-electron chi connectivity index (χ3n) is 4.52. The van der Waals surface area contributed by atoms with Gasteiger partial charge in [0, 0.05) is 18.4 Å². The van der Waals surface area contributed by atoms with Crippen LogP contribution in [0.3, 0.4) is 0 Å². The molecule has 0 saturated heterocycles. The van der Waals surface area contributed by atoms with E-state index in [-0.39, 0.29) is 23.7 Å². The number of benzene rings is 2. The van der Waals surface area contributed by atoms with Crippen LogP contribution in [0.5, 0.6) is 17.2 Å². The maximum absolute atomic E-state index is 12.6. The first kappa shape index (κ1) is 23.2. The molecule has 0 aliphatic rings. The van der Waals surface area contributed by atoms with Crippen molar-refractivity contribution in [3.63, 3.8) is 0 Å².